The Balaban J connectivity index is 1.18. The molecule has 0 N–H and O–H groups in total. The highest BCUT2D eigenvalue weighted by Gasteiger charge is 2.51. The number of thiazole rings is 1. The van der Waals surface area contributed by atoms with Gasteiger partial charge < -0.3 is 4.57 Å². The largest absolute Gasteiger partial charge is 0.302 e. The molecule has 0 atom stereocenters. The van der Waals surface area contributed by atoms with Gasteiger partial charge in [-0.25, -0.2) is 4.98 Å². The van der Waals surface area contributed by atoms with Gasteiger partial charge in [-0.3, -0.25) is 0 Å². The second-order valence-electron chi connectivity index (χ2n) is 10.6. The highest BCUT2D eigenvalue weighted by Crippen LogP contribution is 2.61. The Morgan fingerprint density at radius 2 is 1.85 bits per heavy atom. The molecule has 172 valence electrons. The number of thioether (sulfide) groups is 1. The quantitative estimate of drug-likeness (QED) is 0.261. The Morgan fingerprint density at radius 3 is 2.55 bits per heavy atom. The van der Waals surface area contributed by atoms with Gasteiger partial charge in [0.1, 0.15) is 10.8 Å². The normalized spacial score (nSPS) is 27.8. The summed E-state index contributed by atoms with van der Waals surface area (Å²) in [6.45, 7) is 6.94. The van der Waals surface area contributed by atoms with Crippen LogP contribution in [0.3, 0.4) is 0 Å². The Bertz CT molecular complexity index is 1130. The Kier molecular flexibility index (Phi) is 5.69. The first-order chi connectivity index (χ1) is 16.1. The molecule has 2 aromatic heterocycles. The molecule has 4 nitrogen and oxygen atoms in total. The van der Waals surface area contributed by atoms with Crippen LogP contribution in [0.15, 0.2) is 47.5 Å². The standard InChI is InChI=1S/C27H32N4S2/c1-3-8-31-24(15-27-12-19-9-20(13-27)11-21(10-19)14-27)29-30-26(31)33-17-22-16-32-25(28-22)23-7-5-4-6-18(23)2/h3-7,16,19-21H,1,8-15,17H2,2H3. The van der Waals surface area contributed by atoms with Crippen molar-refractivity contribution in [1.29, 1.82) is 0 Å². The molecule has 4 saturated carbocycles. The first kappa shape index (κ1) is 21.6. The Hall–Kier alpha value is -1.92. The molecule has 1 aromatic carbocycles. The minimum Gasteiger partial charge on any atom is -0.302 e. The second-order valence-corrected chi connectivity index (χ2v) is 12.4. The molecule has 6 heteroatoms. The lowest BCUT2D eigenvalue weighted by atomic mass is 9.49. The summed E-state index contributed by atoms with van der Waals surface area (Å²) in [7, 11) is 0. The fraction of sp³-hybridized carbons (Fsp3) is 0.519. The molecule has 2 heterocycles. The topological polar surface area (TPSA) is 43.6 Å². The third-order valence-electron chi connectivity index (χ3n) is 8.08. The van der Waals surface area contributed by atoms with Crippen LogP contribution in [0, 0.1) is 30.1 Å². The van der Waals surface area contributed by atoms with Crippen molar-refractivity contribution < 1.29 is 0 Å². The third kappa shape index (κ3) is 4.21. The van der Waals surface area contributed by atoms with Gasteiger partial charge in [0.25, 0.3) is 0 Å². The van der Waals surface area contributed by atoms with Crippen molar-refractivity contribution in [3.63, 3.8) is 0 Å². The van der Waals surface area contributed by atoms with Gasteiger partial charge in [0, 0.05) is 29.7 Å². The van der Waals surface area contributed by atoms with Crippen molar-refractivity contribution in [2.75, 3.05) is 0 Å². The van der Waals surface area contributed by atoms with Crippen molar-refractivity contribution in [1.82, 2.24) is 19.7 Å². The summed E-state index contributed by atoms with van der Waals surface area (Å²) < 4.78 is 2.31. The summed E-state index contributed by atoms with van der Waals surface area (Å²) in [5, 5.41) is 13.6. The van der Waals surface area contributed by atoms with Gasteiger partial charge in [0.2, 0.25) is 0 Å². The average Bonchev–Trinajstić information content (AvgIpc) is 3.39. The number of benzene rings is 1. The van der Waals surface area contributed by atoms with E-state index in [2.05, 4.69) is 52.8 Å². The summed E-state index contributed by atoms with van der Waals surface area (Å²) in [5.41, 5.74) is 4.08. The summed E-state index contributed by atoms with van der Waals surface area (Å²) in [6.07, 6.45) is 11.7. The van der Waals surface area contributed by atoms with Gasteiger partial charge in [-0.2, -0.15) is 0 Å². The van der Waals surface area contributed by atoms with E-state index in [1.807, 2.05) is 6.08 Å². The maximum absolute atomic E-state index is 4.91. The zero-order chi connectivity index (χ0) is 22.4. The number of nitrogens with zero attached hydrogens (tertiary/aromatic N) is 4. The highest BCUT2D eigenvalue weighted by molar-refractivity contribution is 7.98. The Labute approximate surface area is 204 Å². The van der Waals surface area contributed by atoms with E-state index < -0.39 is 0 Å². The summed E-state index contributed by atoms with van der Waals surface area (Å²) in [4.78, 5) is 4.91. The number of hydrogen-bond acceptors (Lipinski definition) is 5. The predicted molar refractivity (Wildman–Crippen MR) is 136 cm³/mol. The maximum Gasteiger partial charge on any atom is 0.191 e. The van der Waals surface area contributed by atoms with Crippen molar-refractivity contribution in [3.8, 4) is 10.6 Å². The van der Waals surface area contributed by atoms with E-state index in [4.69, 9.17) is 10.1 Å². The van der Waals surface area contributed by atoms with Crippen LogP contribution in [0.1, 0.15) is 55.6 Å². The van der Waals surface area contributed by atoms with Crippen LogP contribution in [0.4, 0.5) is 0 Å². The number of hydrogen-bond donors (Lipinski definition) is 0. The first-order valence-electron chi connectivity index (χ1n) is 12.3. The van der Waals surface area contributed by atoms with Crippen LogP contribution in [0.25, 0.3) is 10.6 Å². The third-order valence-corrected chi connectivity index (χ3v) is 10.0. The van der Waals surface area contributed by atoms with Gasteiger partial charge >= 0.3 is 0 Å². The van der Waals surface area contributed by atoms with Crippen LogP contribution in [0.2, 0.25) is 0 Å². The first-order valence-corrected chi connectivity index (χ1v) is 14.1. The smallest absolute Gasteiger partial charge is 0.191 e. The van der Waals surface area contributed by atoms with Gasteiger partial charge in [0.05, 0.1) is 5.69 Å². The van der Waals surface area contributed by atoms with Crippen molar-refractivity contribution in [3.05, 3.63) is 59.4 Å². The summed E-state index contributed by atoms with van der Waals surface area (Å²) >= 11 is 3.48. The van der Waals surface area contributed by atoms with Crippen LogP contribution >= 0.6 is 23.1 Å². The molecule has 0 spiro atoms. The zero-order valence-electron chi connectivity index (χ0n) is 19.4. The zero-order valence-corrected chi connectivity index (χ0v) is 21.0. The van der Waals surface area contributed by atoms with Gasteiger partial charge in [-0.15, -0.1) is 28.1 Å². The van der Waals surface area contributed by atoms with Crippen molar-refractivity contribution >= 4 is 23.1 Å². The number of rotatable bonds is 8. The van der Waals surface area contributed by atoms with Crippen molar-refractivity contribution in [2.45, 2.75) is 69.3 Å². The van der Waals surface area contributed by atoms with E-state index in [1.165, 1.54) is 55.5 Å². The molecule has 4 aliphatic rings. The molecule has 0 amide bonds. The summed E-state index contributed by atoms with van der Waals surface area (Å²) in [5.74, 6) is 4.88. The minimum atomic E-state index is 0.472. The molecular formula is C27H32N4S2. The highest BCUT2D eigenvalue weighted by atomic mass is 32.2. The predicted octanol–water partition coefficient (Wildman–Crippen LogP) is 6.95. The molecule has 0 unspecified atom stereocenters. The molecule has 0 aliphatic heterocycles. The van der Waals surface area contributed by atoms with E-state index in [0.29, 0.717) is 5.41 Å². The van der Waals surface area contributed by atoms with Crippen molar-refractivity contribution in [2.24, 2.45) is 23.2 Å². The van der Waals surface area contributed by atoms with Crippen LogP contribution in [-0.2, 0) is 18.7 Å². The lowest BCUT2D eigenvalue weighted by Gasteiger charge is -2.56. The molecule has 4 bridgehead atoms. The Morgan fingerprint density at radius 1 is 1.12 bits per heavy atom. The SMILES string of the molecule is C=CCn1c(CC23CC4CC(CC(C4)C2)C3)nnc1SCc1csc(-c2ccccc2C)n1. The monoisotopic (exact) mass is 476 g/mol. The molecule has 0 saturated heterocycles. The lowest BCUT2D eigenvalue weighted by Crippen LogP contribution is -2.47. The molecule has 4 aliphatic carbocycles. The number of aryl methyl sites for hydroxylation is 1. The van der Waals surface area contributed by atoms with E-state index >= 15 is 0 Å². The van der Waals surface area contributed by atoms with Crippen LogP contribution in [0.5, 0.6) is 0 Å². The van der Waals surface area contributed by atoms with Gasteiger partial charge in [-0.05, 0) is 74.2 Å². The molecule has 0 radical (unpaired) electrons. The maximum atomic E-state index is 4.91. The number of aromatic nitrogens is 4. The second kappa shape index (κ2) is 8.70. The molecular weight excluding hydrogens is 444 g/mol. The van der Waals surface area contributed by atoms with Crippen LogP contribution < -0.4 is 0 Å². The average molecular weight is 477 g/mol. The van der Waals surface area contributed by atoms with E-state index in [-0.39, 0.29) is 0 Å². The molecule has 7 rings (SSSR count). The fourth-order valence-electron chi connectivity index (χ4n) is 7.16. The summed E-state index contributed by atoms with van der Waals surface area (Å²) in [6, 6.07) is 8.47. The molecule has 33 heavy (non-hydrogen) atoms. The van der Waals surface area contributed by atoms with E-state index in [0.717, 1.165) is 52.3 Å². The van der Waals surface area contributed by atoms with Gasteiger partial charge in [0.15, 0.2) is 5.16 Å². The van der Waals surface area contributed by atoms with Crippen LogP contribution in [-0.4, -0.2) is 19.7 Å². The molecule has 4 fully saturated rings. The molecule has 3 aromatic rings. The van der Waals surface area contributed by atoms with E-state index in [9.17, 15) is 0 Å². The number of allylic oxidation sites excluding steroid dienone is 1. The fourth-order valence-corrected chi connectivity index (χ4v) is 9.03. The lowest BCUT2D eigenvalue weighted by molar-refractivity contribution is -0.0535. The minimum absolute atomic E-state index is 0.472. The van der Waals surface area contributed by atoms with Gasteiger partial charge in [-0.1, -0.05) is 42.1 Å². The van der Waals surface area contributed by atoms with E-state index in [1.54, 1.807) is 23.1 Å².